The second-order valence-corrected chi connectivity index (χ2v) is 5.74. The van der Waals surface area contributed by atoms with Crippen LogP contribution in [0.25, 0.3) is 0 Å². The first-order valence-corrected chi connectivity index (χ1v) is 7.79. The quantitative estimate of drug-likeness (QED) is 0.577. The molecule has 1 aliphatic heterocycles. The number of piperidine rings is 1. The van der Waals surface area contributed by atoms with Crippen molar-refractivity contribution in [1.82, 2.24) is 10.2 Å². The van der Waals surface area contributed by atoms with Gasteiger partial charge in [0.05, 0.1) is 0 Å². The van der Waals surface area contributed by atoms with Crippen molar-refractivity contribution in [2.24, 2.45) is 0 Å². The first-order valence-electron chi connectivity index (χ1n) is 7.79. The van der Waals surface area contributed by atoms with Gasteiger partial charge in [0.1, 0.15) is 0 Å². The Morgan fingerprint density at radius 3 is 2.81 bits per heavy atom. The van der Waals surface area contributed by atoms with Crippen molar-refractivity contribution in [3.8, 4) is 0 Å². The minimum absolute atomic E-state index is 0.161. The van der Waals surface area contributed by atoms with E-state index in [9.17, 15) is 4.79 Å². The highest BCUT2D eigenvalue weighted by atomic mass is 16.2. The Kier molecular flexibility index (Phi) is 5.87. The standard InChI is InChI=1S/C16H26N4O/c1-13-5-2-3-11-20(13)12-4-10-18-16(21)19-15-8-6-14(17)7-9-15/h6-9,13H,2-5,10-12,17H2,1H3,(H2,18,19,21). The van der Waals surface area contributed by atoms with Crippen molar-refractivity contribution in [1.29, 1.82) is 0 Å². The highest BCUT2D eigenvalue weighted by Gasteiger charge is 2.17. The molecule has 116 valence electrons. The molecule has 1 aromatic carbocycles. The lowest BCUT2D eigenvalue weighted by atomic mass is 10.0. The van der Waals surface area contributed by atoms with Gasteiger partial charge in [-0.15, -0.1) is 0 Å². The minimum atomic E-state index is -0.161. The third-order valence-corrected chi connectivity index (χ3v) is 4.02. The lowest BCUT2D eigenvalue weighted by Gasteiger charge is -2.33. The molecule has 1 heterocycles. The van der Waals surface area contributed by atoms with Gasteiger partial charge in [0.25, 0.3) is 0 Å². The first kappa shape index (κ1) is 15.6. The molecule has 2 amide bonds. The lowest BCUT2D eigenvalue weighted by molar-refractivity contribution is 0.159. The topological polar surface area (TPSA) is 70.4 Å². The third kappa shape index (κ3) is 5.27. The molecular formula is C16H26N4O. The van der Waals surface area contributed by atoms with Crippen molar-refractivity contribution in [3.63, 3.8) is 0 Å². The molecule has 0 bridgehead atoms. The van der Waals surface area contributed by atoms with E-state index in [1.807, 2.05) is 0 Å². The number of urea groups is 1. The van der Waals surface area contributed by atoms with Gasteiger partial charge in [-0.25, -0.2) is 4.79 Å². The maximum atomic E-state index is 11.7. The van der Waals surface area contributed by atoms with Crippen LogP contribution in [0.5, 0.6) is 0 Å². The highest BCUT2D eigenvalue weighted by Crippen LogP contribution is 2.16. The SMILES string of the molecule is CC1CCCCN1CCCNC(=O)Nc1ccc(N)cc1. The Labute approximate surface area is 126 Å². The second-order valence-electron chi connectivity index (χ2n) is 5.74. The molecule has 2 rings (SSSR count). The monoisotopic (exact) mass is 290 g/mol. The van der Waals surface area contributed by atoms with Gasteiger partial charge in [-0.3, -0.25) is 0 Å². The van der Waals surface area contributed by atoms with Gasteiger partial charge in [0.15, 0.2) is 0 Å². The van der Waals surface area contributed by atoms with Crippen molar-refractivity contribution in [2.75, 3.05) is 30.7 Å². The van der Waals surface area contributed by atoms with Gasteiger partial charge in [-0.2, -0.15) is 0 Å². The number of hydrogen-bond acceptors (Lipinski definition) is 3. The number of anilines is 2. The zero-order chi connectivity index (χ0) is 15.1. The fourth-order valence-electron chi connectivity index (χ4n) is 2.72. The van der Waals surface area contributed by atoms with Crippen LogP contribution < -0.4 is 16.4 Å². The van der Waals surface area contributed by atoms with Crippen LogP contribution in [0.4, 0.5) is 16.2 Å². The molecule has 0 radical (unpaired) electrons. The average molecular weight is 290 g/mol. The van der Waals surface area contributed by atoms with E-state index < -0.39 is 0 Å². The number of benzene rings is 1. The maximum absolute atomic E-state index is 11.7. The predicted molar refractivity (Wildman–Crippen MR) is 87.4 cm³/mol. The molecule has 5 heteroatoms. The molecule has 0 aromatic heterocycles. The van der Waals surface area contributed by atoms with Crippen LogP contribution in [-0.2, 0) is 0 Å². The molecule has 4 N–H and O–H groups in total. The number of nitrogens with zero attached hydrogens (tertiary/aromatic N) is 1. The normalized spacial score (nSPS) is 19.2. The zero-order valence-electron chi connectivity index (χ0n) is 12.8. The van der Waals surface area contributed by atoms with Crippen LogP contribution in [0, 0.1) is 0 Å². The van der Waals surface area contributed by atoms with Gasteiger partial charge in [0, 0.05) is 30.5 Å². The van der Waals surface area contributed by atoms with Crippen LogP contribution >= 0.6 is 0 Å². The summed E-state index contributed by atoms with van der Waals surface area (Å²) in [6, 6.07) is 7.66. The summed E-state index contributed by atoms with van der Waals surface area (Å²) in [6.45, 7) is 5.24. The largest absolute Gasteiger partial charge is 0.399 e. The number of likely N-dealkylation sites (tertiary alicyclic amines) is 1. The summed E-state index contributed by atoms with van der Waals surface area (Å²) in [4.78, 5) is 14.3. The van der Waals surface area contributed by atoms with E-state index in [1.165, 1.54) is 25.8 Å². The van der Waals surface area contributed by atoms with Crippen LogP contribution in [0.2, 0.25) is 0 Å². The number of nitrogens with two attached hydrogens (primary N) is 1. The molecule has 1 aliphatic rings. The first-order chi connectivity index (χ1) is 10.1. The molecule has 0 aliphatic carbocycles. The Hall–Kier alpha value is -1.75. The summed E-state index contributed by atoms with van der Waals surface area (Å²) in [5.74, 6) is 0. The molecule has 1 aromatic rings. The van der Waals surface area contributed by atoms with Gasteiger partial charge in [0.2, 0.25) is 0 Å². The van der Waals surface area contributed by atoms with E-state index in [2.05, 4.69) is 22.5 Å². The molecule has 1 unspecified atom stereocenters. The summed E-state index contributed by atoms with van der Waals surface area (Å²) in [6.07, 6.45) is 4.93. The van der Waals surface area contributed by atoms with Crippen LogP contribution in [-0.4, -0.2) is 36.6 Å². The molecule has 0 spiro atoms. The average Bonchev–Trinajstić information content (AvgIpc) is 2.48. The van der Waals surface area contributed by atoms with Crippen molar-refractivity contribution in [2.45, 2.75) is 38.6 Å². The molecule has 5 nitrogen and oxygen atoms in total. The smallest absolute Gasteiger partial charge is 0.319 e. The van der Waals surface area contributed by atoms with Crippen molar-refractivity contribution in [3.05, 3.63) is 24.3 Å². The third-order valence-electron chi connectivity index (χ3n) is 4.02. The number of carbonyl (C=O) groups excluding carboxylic acids is 1. The number of rotatable bonds is 5. The van der Waals surface area contributed by atoms with Gasteiger partial charge >= 0.3 is 6.03 Å². The van der Waals surface area contributed by atoms with Crippen LogP contribution in [0.15, 0.2) is 24.3 Å². The van der Waals surface area contributed by atoms with E-state index in [4.69, 9.17) is 5.73 Å². The van der Waals surface area contributed by atoms with Gasteiger partial charge in [-0.05, 0) is 57.0 Å². The number of carbonyl (C=O) groups is 1. The Morgan fingerprint density at radius 2 is 2.10 bits per heavy atom. The van der Waals surface area contributed by atoms with Crippen molar-refractivity contribution >= 4 is 17.4 Å². The minimum Gasteiger partial charge on any atom is -0.399 e. The van der Waals surface area contributed by atoms with E-state index in [0.29, 0.717) is 18.3 Å². The zero-order valence-corrected chi connectivity index (χ0v) is 12.8. The molecule has 21 heavy (non-hydrogen) atoms. The Balaban J connectivity index is 1.61. The van der Waals surface area contributed by atoms with Crippen LogP contribution in [0.3, 0.4) is 0 Å². The van der Waals surface area contributed by atoms with E-state index in [-0.39, 0.29) is 6.03 Å². The van der Waals surface area contributed by atoms with Gasteiger partial charge < -0.3 is 21.3 Å². The highest BCUT2D eigenvalue weighted by molar-refractivity contribution is 5.89. The summed E-state index contributed by atoms with van der Waals surface area (Å²) in [5, 5.41) is 5.69. The predicted octanol–water partition coefficient (Wildman–Crippen LogP) is 2.65. The van der Waals surface area contributed by atoms with E-state index >= 15 is 0 Å². The lowest BCUT2D eigenvalue weighted by Crippen LogP contribution is -2.39. The number of hydrogen-bond donors (Lipinski definition) is 3. The fraction of sp³-hybridized carbons (Fsp3) is 0.562. The second kappa shape index (κ2) is 7.88. The summed E-state index contributed by atoms with van der Waals surface area (Å²) in [7, 11) is 0. The summed E-state index contributed by atoms with van der Waals surface area (Å²) < 4.78 is 0. The van der Waals surface area contributed by atoms with Gasteiger partial charge in [-0.1, -0.05) is 6.42 Å². The molecule has 0 saturated carbocycles. The Morgan fingerprint density at radius 1 is 1.33 bits per heavy atom. The Bertz CT molecular complexity index is 446. The fourth-order valence-corrected chi connectivity index (χ4v) is 2.72. The molecule has 1 fully saturated rings. The van der Waals surface area contributed by atoms with Crippen molar-refractivity contribution < 1.29 is 4.79 Å². The maximum Gasteiger partial charge on any atom is 0.319 e. The van der Waals surface area contributed by atoms with E-state index in [0.717, 1.165) is 18.7 Å². The number of amides is 2. The molecule has 1 saturated heterocycles. The molecular weight excluding hydrogens is 264 g/mol. The molecule has 1 atom stereocenters. The number of nitrogen functional groups attached to an aromatic ring is 1. The van der Waals surface area contributed by atoms with E-state index in [1.54, 1.807) is 24.3 Å². The summed E-state index contributed by atoms with van der Waals surface area (Å²) >= 11 is 0. The summed E-state index contributed by atoms with van der Waals surface area (Å²) in [5.41, 5.74) is 7.05. The number of nitrogens with one attached hydrogen (secondary N) is 2. The van der Waals surface area contributed by atoms with Crippen LogP contribution in [0.1, 0.15) is 32.6 Å².